The molecule has 0 heterocycles. The summed E-state index contributed by atoms with van der Waals surface area (Å²) in [5, 5.41) is 3.15. The fourth-order valence-electron chi connectivity index (χ4n) is 4.58. The minimum absolute atomic E-state index is 0.118. The number of carbonyl (C=O) groups is 2. The van der Waals surface area contributed by atoms with Crippen LogP contribution < -0.4 is 9.62 Å². The van der Waals surface area contributed by atoms with Gasteiger partial charge in [0.05, 0.1) is 11.9 Å². The lowest BCUT2D eigenvalue weighted by Gasteiger charge is -2.34. The van der Waals surface area contributed by atoms with Crippen molar-refractivity contribution in [2.24, 2.45) is 0 Å². The van der Waals surface area contributed by atoms with Crippen molar-refractivity contribution in [3.63, 3.8) is 0 Å². The minimum atomic E-state index is -3.74. The highest BCUT2D eigenvalue weighted by Crippen LogP contribution is 2.23. The summed E-state index contributed by atoms with van der Waals surface area (Å²) >= 11 is 3.36. The summed E-state index contributed by atoms with van der Waals surface area (Å²) in [6.45, 7) is 3.69. The van der Waals surface area contributed by atoms with Gasteiger partial charge in [-0.05, 0) is 56.0 Å². The highest BCUT2D eigenvalue weighted by Gasteiger charge is 2.32. The van der Waals surface area contributed by atoms with E-state index in [4.69, 9.17) is 0 Å². The first-order valence-electron chi connectivity index (χ1n) is 12.5. The average Bonchev–Trinajstić information content (AvgIpc) is 2.84. The van der Waals surface area contributed by atoms with Gasteiger partial charge in [0, 0.05) is 17.1 Å². The molecule has 9 heteroatoms. The minimum Gasteiger partial charge on any atom is -0.352 e. The van der Waals surface area contributed by atoms with E-state index in [1.54, 1.807) is 24.3 Å². The molecule has 1 fully saturated rings. The van der Waals surface area contributed by atoms with Crippen LogP contribution in [0.15, 0.2) is 53.0 Å². The molecule has 1 aliphatic rings. The number of benzene rings is 2. The predicted molar refractivity (Wildman–Crippen MR) is 147 cm³/mol. The van der Waals surface area contributed by atoms with Crippen LogP contribution in [0.25, 0.3) is 0 Å². The lowest BCUT2D eigenvalue weighted by Crippen LogP contribution is -2.53. The molecule has 36 heavy (non-hydrogen) atoms. The van der Waals surface area contributed by atoms with Crippen molar-refractivity contribution in [2.45, 2.75) is 71.0 Å². The highest BCUT2D eigenvalue weighted by atomic mass is 79.9. The molecule has 0 bridgehead atoms. The summed E-state index contributed by atoms with van der Waals surface area (Å²) in [6.07, 6.45) is 6.75. The fraction of sp³-hybridized carbons (Fsp3) is 0.481. The molecule has 0 saturated heterocycles. The van der Waals surface area contributed by atoms with Crippen LogP contribution in [0, 0.1) is 6.92 Å². The molecule has 0 spiro atoms. The Morgan fingerprint density at radius 2 is 1.64 bits per heavy atom. The largest absolute Gasteiger partial charge is 0.352 e. The Morgan fingerprint density at radius 1 is 1.03 bits per heavy atom. The number of sulfonamides is 1. The summed E-state index contributed by atoms with van der Waals surface area (Å²) in [5.41, 5.74) is 2.37. The Hall–Kier alpha value is -2.39. The first-order chi connectivity index (χ1) is 17.1. The fourth-order valence-corrected chi connectivity index (χ4v) is 5.69. The smallest absolute Gasteiger partial charge is 0.244 e. The van der Waals surface area contributed by atoms with Crippen LogP contribution in [0.4, 0.5) is 5.69 Å². The Balaban J connectivity index is 1.89. The van der Waals surface area contributed by atoms with Gasteiger partial charge in [0.15, 0.2) is 0 Å². The van der Waals surface area contributed by atoms with Crippen molar-refractivity contribution in [3.8, 4) is 0 Å². The number of amides is 2. The normalized spacial score (nSPS) is 15.2. The van der Waals surface area contributed by atoms with Crippen LogP contribution in [-0.2, 0) is 26.2 Å². The second kappa shape index (κ2) is 12.7. The summed E-state index contributed by atoms with van der Waals surface area (Å²) in [6, 6.07) is 14.0. The number of aryl methyl sites for hydroxylation is 1. The first kappa shape index (κ1) is 28.2. The van der Waals surface area contributed by atoms with E-state index in [-0.39, 0.29) is 25.0 Å². The van der Waals surface area contributed by atoms with Crippen molar-refractivity contribution >= 4 is 43.5 Å². The molecule has 196 valence electrons. The Labute approximate surface area is 223 Å². The van der Waals surface area contributed by atoms with Crippen LogP contribution >= 0.6 is 15.9 Å². The van der Waals surface area contributed by atoms with E-state index in [2.05, 4.69) is 21.2 Å². The van der Waals surface area contributed by atoms with Crippen LogP contribution in [0.5, 0.6) is 0 Å². The molecule has 1 atom stereocenters. The van der Waals surface area contributed by atoms with Crippen LogP contribution in [0.2, 0.25) is 0 Å². The molecule has 1 saturated carbocycles. The number of rotatable bonds is 10. The number of nitrogens with zero attached hydrogens (tertiary/aromatic N) is 2. The zero-order chi connectivity index (χ0) is 26.3. The van der Waals surface area contributed by atoms with Gasteiger partial charge in [0.25, 0.3) is 0 Å². The number of nitrogens with one attached hydrogen (secondary N) is 1. The molecule has 0 radical (unpaired) electrons. The second-order valence-electron chi connectivity index (χ2n) is 9.52. The van der Waals surface area contributed by atoms with Crippen LogP contribution in [0.3, 0.4) is 0 Å². The molecular formula is C27H36BrN3O4S. The van der Waals surface area contributed by atoms with Gasteiger partial charge in [-0.15, -0.1) is 0 Å². The second-order valence-corrected chi connectivity index (χ2v) is 12.3. The number of anilines is 1. The third-order valence-corrected chi connectivity index (χ3v) is 8.27. The molecule has 0 aliphatic heterocycles. The third kappa shape index (κ3) is 7.80. The molecule has 3 rings (SSSR count). The van der Waals surface area contributed by atoms with E-state index in [1.807, 2.05) is 38.1 Å². The molecule has 0 unspecified atom stereocenters. The molecule has 2 aromatic rings. The molecular weight excluding hydrogens is 542 g/mol. The maximum absolute atomic E-state index is 13.7. The topological polar surface area (TPSA) is 86.8 Å². The number of halogens is 1. The van der Waals surface area contributed by atoms with E-state index in [0.29, 0.717) is 12.1 Å². The molecule has 1 aliphatic carbocycles. The SMILES string of the molecule is CC[C@@H](C(=O)NC1CCCCC1)N(Cc1ccc(C)cc1)C(=O)CN(c1ccc(Br)cc1)S(C)(=O)=O. The summed E-state index contributed by atoms with van der Waals surface area (Å²) < 4.78 is 27.2. The predicted octanol–water partition coefficient (Wildman–Crippen LogP) is 4.78. The maximum Gasteiger partial charge on any atom is 0.244 e. The lowest BCUT2D eigenvalue weighted by atomic mass is 9.95. The van der Waals surface area contributed by atoms with E-state index in [1.165, 1.54) is 11.3 Å². The van der Waals surface area contributed by atoms with Gasteiger partial charge >= 0.3 is 0 Å². The number of hydrogen-bond donors (Lipinski definition) is 1. The number of hydrogen-bond acceptors (Lipinski definition) is 4. The molecule has 1 N–H and O–H groups in total. The summed E-state index contributed by atoms with van der Waals surface area (Å²) in [4.78, 5) is 28.6. The van der Waals surface area contributed by atoms with Gasteiger partial charge in [-0.1, -0.05) is 71.9 Å². The zero-order valence-electron chi connectivity index (χ0n) is 21.2. The third-order valence-electron chi connectivity index (χ3n) is 6.60. The van der Waals surface area contributed by atoms with Crippen LogP contribution in [0.1, 0.15) is 56.6 Å². The molecule has 7 nitrogen and oxygen atoms in total. The Morgan fingerprint density at radius 3 is 2.19 bits per heavy atom. The quantitative estimate of drug-likeness (QED) is 0.440. The Kier molecular flexibility index (Phi) is 9.96. The van der Waals surface area contributed by atoms with Crippen LogP contribution in [-0.4, -0.2) is 50.0 Å². The average molecular weight is 579 g/mol. The van der Waals surface area contributed by atoms with Gasteiger partial charge in [-0.3, -0.25) is 13.9 Å². The lowest BCUT2D eigenvalue weighted by molar-refractivity contribution is -0.140. The van der Waals surface area contributed by atoms with Gasteiger partial charge in [0.2, 0.25) is 21.8 Å². The highest BCUT2D eigenvalue weighted by molar-refractivity contribution is 9.10. The molecule has 2 amide bonds. The van der Waals surface area contributed by atoms with E-state index < -0.39 is 22.0 Å². The van der Waals surface area contributed by atoms with Gasteiger partial charge in [0.1, 0.15) is 12.6 Å². The van der Waals surface area contributed by atoms with Gasteiger partial charge in [-0.25, -0.2) is 8.42 Å². The summed E-state index contributed by atoms with van der Waals surface area (Å²) in [5.74, 6) is -0.603. The van der Waals surface area contributed by atoms with E-state index in [0.717, 1.165) is 51.8 Å². The summed E-state index contributed by atoms with van der Waals surface area (Å²) in [7, 11) is -3.74. The van der Waals surface area contributed by atoms with E-state index in [9.17, 15) is 18.0 Å². The number of carbonyl (C=O) groups excluding carboxylic acids is 2. The van der Waals surface area contributed by atoms with Crippen molar-refractivity contribution in [1.29, 1.82) is 0 Å². The Bertz CT molecular complexity index is 1130. The van der Waals surface area contributed by atoms with Gasteiger partial charge < -0.3 is 10.2 Å². The van der Waals surface area contributed by atoms with Crippen molar-refractivity contribution in [2.75, 3.05) is 17.1 Å². The zero-order valence-corrected chi connectivity index (χ0v) is 23.6. The standard InChI is InChI=1S/C27H36BrN3O4S/c1-4-25(27(33)29-23-8-6-5-7-9-23)30(18-21-12-10-20(2)11-13-21)26(32)19-31(36(3,34)35)24-16-14-22(28)15-17-24/h10-17,23,25H,4-9,18-19H2,1-3H3,(H,29,33)/t25-/m0/s1. The van der Waals surface area contributed by atoms with Crippen molar-refractivity contribution in [1.82, 2.24) is 10.2 Å². The first-order valence-corrected chi connectivity index (χ1v) is 15.1. The monoisotopic (exact) mass is 577 g/mol. The van der Waals surface area contributed by atoms with Gasteiger partial charge in [-0.2, -0.15) is 0 Å². The maximum atomic E-state index is 13.7. The van der Waals surface area contributed by atoms with Crippen molar-refractivity contribution < 1.29 is 18.0 Å². The van der Waals surface area contributed by atoms with E-state index >= 15 is 0 Å². The molecule has 2 aromatic carbocycles. The van der Waals surface area contributed by atoms with Crippen molar-refractivity contribution in [3.05, 3.63) is 64.1 Å². The molecule has 0 aromatic heterocycles.